The Morgan fingerprint density at radius 1 is 1.33 bits per heavy atom. The Hall–Kier alpha value is -2.25. The summed E-state index contributed by atoms with van der Waals surface area (Å²) in [5.74, 6) is -0.902. The zero-order valence-electron chi connectivity index (χ0n) is 14.0. The number of nitrogens with one attached hydrogen (secondary N) is 1. The van der Waals surface area contributed by atoms with Crippen molar-refractivity contribution in [2.45, 2.75) is 17.6 Å². The Balaban J connectivity index is 1.95. The van der Waals surface area contributed by atoms with Crippen LogP contribution in [0.25, 0.3) is 5.57 Å². The molecular formula is C18H14Cl2F3N3O. The smallest absolute Gasteiger partial charge is 0.282 e. The molecular weight excluding hydrogens is 402 g/mol. The number of rotatable bonds is 4. The first-order chi connectivity index (χ1) is 12.7. The summed E-state index contributed by atoms with van der Waals surface area (Å²) < 4.78 is 42.3. The molecule has 1 amide bonds. The predicted molar refractivity (Wildman–Crippen MR) is 97.7 cm³/mol. The first kappa shape index (κ1) is 19.5. The topological polar surface area (TPSA) is 46.9 Å². The van der Waals surface area contributed by atoms with E-state index in [0.717, 1.165) is 17.0 Å². The average molecular weight is 416 g/mol. The SMILES string of the molecule is Cn1cc(C(=O)NC2C(c3ccc(Cl)cc3)=CC=CC2(F)Cl)c(C(F)F)n1. The van der Waals surface area contributed by atoms with Crippen molar-refractivity contribution in [1.29, 1.82) is 0 Å². The molecule has 3 rings (SSSR count). The second-order valence-corrected chi connectivity index (χ2v) is 6.99. The van der Waals surface area contributed by atoms with Gasteiger partial charge in [-0.05, 0) is 29.3 Å². The van der Waals surface area contributed by atoms with Crippen LogP contribution in [0.4, 0.5) is 13.2 Å². The molecule has 1 aliphatic carbocycles. The fourth-order valence-corrected chi connectivity index (χ4v) is 3.18. The highest BCUT2D eigenvalue weighted by molar-refractivity contribution is 6.30. The van der Waals surface area contributed by atoms with Gasteiger partial charge in [-0.1, -0.05) is 47.5 Å². The van der Waals surface area contributed by atoms with Crippen molar-refractivity contribution >= 4 is 34.7 Å². The molecule has 2 unspecified atom stereocenters. The van der Waals surface area contributed by atoms with Crippen LogP contribution in [-0.2, 0) is 7.05 Å². The Morgan fingerprint density at radius 3 is 2.63 bits per heavy atom. The average Bonchev–Trinajstić information content (AvgIpc) is 2.99. The molecule has 0 radical (unpaired) electrons. The van der Waals surface area contributed by atoms with E-state index in [1.807, 2.05) is 0 Å². The highest BCUT2D eigenvalue weighted by Crippen LogP contribution is 2.37. The molecule has 1 aromatic heterocycles. The maximum Gasteiger partial charge on any atom is 0.282 e. The normalized spacial score (nSPS) is 22.0. The highest BCUT2D eigenvalue weighted by Gasteiger charge is 2.41. The first-order valence-corrected chi connectivity index (χ1v) is 8.60. The van der Waals surface area contributed by atoms with Gasteiger partial charge in [0.1, 0.15) is 11.7 Å². The molecule has 0 saturated carbocycles. The second-order valence-electron chi connectivity index (χ2n) is 5.97. The predicted octanol–water partition coefficient (Wildman–Crippen LogP) is 4.67. The quantitative estimate of drug-likeness (QED) is 0.737. The maximum absolute atomic E-state index is 14.9. The lowest BCUT2D eigenvalue weighted by atomic mass is 9.90. The van der Waals surface area contributed by atoms with Gasteiger partial charge < -0.3 is 5.32 Å². The van der Waals surface area contributed by atoms with Gasteiger partial charge in [-0.2, -0.15) is 5.10 Å². The molecule has 9 heteroatoms. The molecule has 1 N–H and O–H groups in total. The van der Waals surface area contributed by atoms with Crippen LogP contribution >= 0.6 is 23.2 Å². The van der Waals surface area contributed by atoms with Gasteiger partial charge in [0.25, 0.3) is 12.3 Å². The molecule has 142 valence electrons. The Kier molecular flexibility index (Phi) is 5.35. The zero-order chi connectivity index (χ0) is 19.8. The standard InChI is InChI=1S/C18H14Cl2F3N3O/c1-26-9-13(14(25-26)16(21)22)17(27)24-15-12(3-2-8-18(15,20)23)10-4-6-11(19)7-5-10/h2-9,15-16H,1H3,(H,24,27). The van der Waals surface area contributed by atoms with E-state index in [1.54, 1.807) is 30.3 Å². The Labute approximate surface area is 163 Å². The van der Waals surface area contributed by atoms with E-state index in [1.165, 1.54) is 13.1 Å². The van der Waals surface area contributed by atoms with Gasteiger partial charge in [-0.25, -0.2) is 13.2 Å². The lowest BCUT2D eigenvalue weighted by Gasteiger charge is -2.31. The molecule has 0 fully saturated rings. The number of hydrogen-bond acceptors (Lipinski definition) is 2. The van der Waals surface area contributed by atoms with Crippen LogP contribution in [0, 0.1) is 0 Å². The largest absolute Gasteiger partial charge is 0.340 e. The van der Waals surface area contributed by atoms with Crippen LogP contribution < -0.4 is 5.32 Å². The molecule has 2 aromatic rings. The van der Waals surface area contributed by atoms with E-state index >= 15 is 0 Å². The zero-order valence-corrected chi connectivity index (χ0v) is 15.5. The summed E-state index contributed by atoms with van der Waals surface area (Å²) in [5.41, 5.74) is -0.0677. The van der Waals surface area contributed by atoms with Gasteiger partial charge in [0, 0.05) is 18.3 Å². The van der Waals surface area contributed by atoms with Gasteiger partial charge in [0.2, 0.25) is 5.13 Å². The molecule has 0 spiro atoms. The minimum Gasteiger partial charge on any atom is -0.340 e. The minimum absolute atomic E-state index is 0.343. The van der Waals surface area contributed by atoms with Crippen molar-refractivity contribution in [3.05, 3.63) is 70.5 Å². The van der Waals surface area contributed by atoms with Crippen molar-refractivity contribution in [1.82, 2.24) is 15.1 Å². The summed E-state index contributed by atoms with van der Waals surface area (Å²) >= 11 is 11.8. The molecule has 0 bridgehead atoms. The Morgan fingerprint density at radius 2 is 2.00 bits per heavy atom. The number of alkyl halides is 4. The molecule has 1 aromatic carbocycles. The number of hydrogen-bond donors (Lipinski definition) is 1. The van der Waals surface area contributed by atoms with E-state index in [-0.39, 0.29) is 5.56 Å². The number of allylic oxidation sites excluding steroid dienone is 2. The first-order valence-electron chi connectivity index (χ1n) is 7.85. The summed E-state index contributed by atoms with van der Waals surface area (Å²) in [7, 11) is 1.41. The Bertz CT molecular complexity index is 920. The minimum atomic E-state index is -2.95. The monoisotopic (exact) mass is 415 g/mol. The molecule has 2 atom stereocenters. The number of carbonyl (C=O) groups is 1. The van der Waals surface area contributed by atoms with Crippen molar-refractivity contribution in [2.75, 3.05) is 0 Å². The third-order valence-corrected chi connectivity index (χ3v) is 4.65. The van der Waals surface area contributed by atoms with Gasteiger partial charge in [-0.15, -0.1) is 0 Å². The number of carbonyl (C=O) groups excluding carboxylic acids is 1. The van der Waals surface area contributed by atoms with Crippen molar-refractivity contribution in [3.8, 4) is 0 Å². The fourth-order valence-electron chi connectivity index (χ4n) is 2.81. The lowest BCUT2D eigenvalue weighted by Crippen LogP contribution is -2.47. The molecule has 4 nitrogen and oxygen atoms in total. The van der Waals surface area contributed by atoms with E-state index in [0.29, 0.717) is 16.2 Å². The van der Waals surface area contributed by atoms with E-state index < -0.39 is 29.2 Å². The number of aryl methyl sites for hydroxylation is 1. The van der Waals surface area contributed by atoms with Crippen LogP contribution in [0.3, 0.4) is 0 Å². The van der Waals surface area contributed by atoms with Crippen molar-refractivity contribution in [3.63, 3.8) is 0 Å². The third-order valence-electron chi connectivity index (χ3n) is 4.05. The lowest BCUT2D eigenvalue weighted by molar-refractivity contribution is 0.0912. The van der Waals surface area contributed by atoms with Gasteiger partial charge in [-0.3, -0.25) is 9.48 Å². The summed E-state index contributed by atoms with van der Waals surface area (Å²) in [6.45, 7) is 0. The maximum atomic E-state index is 14.9. The highest BCUT2D eigenvalue weighted by atomic mass is 35.5. The molecule has 0 saturated heterocycles. The molecule has 0 aliphatic heterocycles. The number of amides is 1. The van der Waals surface area contributed by atoms with Crippen LogP contribution in [0.15, 0.2) is 48.7 Å². The number of halogens is 5. The van der Waals surface area contributed by atoms with Gasteiger partial charge in [0.05, 0.1) is 5.56 Å². The summed E-state index contributed by atoms with van der Waals surface area (Å²) in [6.07, 6.45) is 2.29. The number of aromatic nitrogens is 2. The van der Waals surface area contributed by atoms with Gasteiger partial charge >= 0.3 is 0 Å². The second kappa shape index (κ2) is 7.40. The molecule has 1 aliphatic rings. The number of benzene rings is 1. The summed E-state index contributed by atoms with van der Waals surface area (Å²) in [6, 6.07) is 5.21. The van der Waals surface area contributed by atoms with Crippen LogP contribution in [0.5, 0.6) is 0 Å². The van der Waals surface area contributed by atoms with E-state index in [2.05, 4.69) is 10.4 Å². The van der Waals surface area contributed by atoms with Crippen LogP contribution in [0.2, 0.25) is 5.02 Å². The summed E-state index contributed by atoms with van der Waals surface area (Å²) in [4.78, 5) is 12.6. The molecule has 27 heavy (non-hydrogen) atoms. The molecule has 1 heterocycles. The van der Waals surface area contributed by atoms with E-state index in [9.17, 15) is 18.0 Å². The van der Waals surface area contributed by atoms with Gasteiger partial charge in [0.15, 0.2) is 0 Å². The summed E-state index contributed by atoms with van der Waals surface area (Å²) in [5, 5.41) is 4.04. The van der Waals surface area contributed by atoms with Crippen molar-refractivity contribution < 1.29 is 18.0 Å². The van der Waals surface area contributed by atoms with Crippen molar-refractivity contribution in [2.24, 2.45) is 7.05 Å². The van der Waals surface area contributed by atoms with Crippen LogP contribution in [-0.4, -0.2) is 26.9 Å². The fraction of sp³-hybridized carbons (Fsp3) is 0.222. The van der Waals surface area contributed by atoms with Crippen LogP contribution in [0.1, 0.15) is 28.0 Å². The number of nitrogens with zero attached hydrogens (tertiary/aromatic N) is 2. The third kappa shape index (κ3) is 4.04. The van der Waals surface area contributed by atoms with E-state index in [4.69, 9.17) is 23.2 Å².